The highest BCUT2D eigenvalue weighted by Crippen LogP contribution is 2.34. The average Bonchev–Trinajstić information content (AvgIpc) is 2.50. The van der Waals surface area contributed by atoms with Gasteiger partial charge >= 0.3 is 0 Å². The molecule has 0 saturated carbocycles. The Morgan fingerprint density at radius 3 is 2.60 bits per heavy atom. The van der Waals surface area contributed by atoms with Gasteiger partial charge in [-0.15, -0.1) is 0 Å². The topological polar surface area (TPSA) is 68.4 Å². The van der Waals surface area contributed by atoms with Crippen LogP contribution in [0.25, 0.3) is 0 Å². The van der Waals surface area contributed by atoms with Crippen molar-refractivity contribution in [3.05, 3.63) is 59.9 Å². The van der Waals surface area contributed by atoms with Crippen molar-refractivity contribution < 1.29 is 9.84 Å². The van der Waals surface area contributed by atoms with E-state index in [4.69, 9.17) is 10.5 Å². The molecule has 0 aliphatic rings. The maximum atomic E-state index is 10.6. The Morgan fingerprint density at radius 2 is 1.95 bits per heavy atom. The summed E-state index contributed by atoms with van der Waals surface area (Å²) in [4.78, 5) is 4.29. The maximum Gasteiger partial charge on any atom is 0.125 e. The van der Waals surface area contributed by atoms with E-state index in [1.54, 1.807) is 6.20 Å². The van der Waals surface area contributed by atoms with E-state index >= 15 is 0 Å². The number of aliphatic hydroxyl groups is 1. The molecule has 1 heterocycles. The maximum absolute atomic E-state index is 10.6. The summed E-state index contributed by atoms with van der Waals surface area (Å²) < 4.78 is 5.57. The summed E-state index contributed by atoms with van der Waals surface area (Å²) >= 11 is 0. The van der Waals surface area contributed by atoms with Crippen LogP contribution in [0, 0.1) is 0 Å². The highest BCUT2D eigenvalue weighted by molar-refractivity contribution is 5.37. The summed E-state index contributed by atoms with van der Waals surface area (Å²) in [5.41, 5.74) is 7.36. The number of aliphatic hydroxyl groups excluding tert-OH is 1. The first-order chi connectivity index (χ1) is 9.77. The second-order valence-electron chi connectivity index (χ2n) is 4.51. The fourth-order valence-electron chi connectivity index (χ4n) is 2.24. The Kier molecular flexibility index (Phi) is 5.09. The SMILES string of the molecule is CCOc1ccccc1C(O)C(CN)c1ccccn1. The van der Waals surface area contributed by atoms with Crippen molar-refractivity contribution >= 4 is 0 Å². The number of pyridine rings is 1. The molecule has 0 radical (unpaired) electrons. The molecule has 0 aliphatic heterocycles. The average molecular weight is 272 g/mol. The molecule has 2 atom stereocenters. The number of para-hydroxylation sites is 1. The van der Waals surface area contributed by atoms with E-state index in [-0.39, 0.29) is 5.92 Å². The molecule has 0 amide bonds. The molecule has 2 rings (SSSR count). The van der Waals surface area contributed by atoms with Gasteiger partial charge in [-0.25, -0.2) is 0 Å². The lowest BCUT2D eigenvalue weighted by atomic mass is 9.92. The van der Waals surface area contributed by atoms with Crippen molar-refractivity contribution in [3.8, 4) is 5.75 Å². The number of ether oxygens (including phenoxy) is 1. The molecule has 3 N–H and O–H groups in total. The van der Waals surface area contributed by atoms with Crippen LogP contribution >= 0.6 is 0 Å². The molecule has 106 valence electrons. The number of rotatable bonds is 6. The van der Waals surface area contributed by atoms with E-state index in [0.29, 0.717) is 18.9 Å². The first kappa shape index (κ1) is 14.5. The van der Waals surface area contributed by atoms with Gasteiger partial charge in [0, 0.05) is 29.9 Å². The number of hydrogen-bond acceptors (Lipinski definition) is 4. The van der Waals surface area contributed by atoms with Crippen LogP contribution < -0.4 is 10.5 Å². The van der Waals surface area contributed by atoms with E-state index in [1.807, 2.05) is 49.4 Å². The van der Waals surface area contributed by atoms with Gasteiger partial charge in [-0.2, -0.15) is 0 Å². The summed E-state index contributed by atoms with van der Waals surface area (Å²) in [5.74, 6) is 0.440. The Hall–Kier alpha value is -1.91. The molecule has 0 saturated heterocycles. The molecule has 20 heavy (non-hydrogen) atoms. The molecule has 0 aliphatic carbocycles. The third kappa shape index (κ3) is 3.15. The fourth-order valence-corrected chi connectivity index (χ4v) is 2.24. The van der Waals surface area contributed by atoms with E-state index in [2.05, 4.69) is 4.98 Å². The molecule has 4 nitrogen and oxygen atoms in total. The highest BCUT2D eigenvalue weighted by atomic mass is 16.5. The van der Waals surface area contributed by atoms with Crippen molar-refractivity contribution in [2.24, 2.45) is 5.73 Å². The van der Waals surface area contributed by atoms with Crippen LogP contribution in [-0.4, -0.2) is 23.2 Å². The summed E-state index contributed by atoms with van der Waals surface area (Å²) in [6.07, 6.45) is 0.969. The van der Waals surface area contributed by atoms with Crippen molar-refractivity contribution in [2.75, 3.05) is 13.2 Å². The Morgan fingerprint density at radius 1 is 1.20 bits per heavy atom. The van der Waals surface area contributed by atoms with Gasteiger partial charge in [0.25, 0.3) is 0 Å². The third-order valence-corrected chi connectivity index (χ3v) is 3.24. The molecule has 0 fully saturated rings. The molecule has 2 unspecified atom stereocenters. The molecular formula is C16H20N2O2. The quantitative estimate of drug-likeness (QED) is 0.846. The monoisotopic (exact) mass is 272 g/mol. The first-order valence-electron chi connectivity index (χ1n) is 6.78. The van der Waals surface area contributed by atoms with Gasteiger partial charge in [0.2, 0.25) is 0 Å². The Bertz CT molecular complexity index is 531. The van der Waals surface area contributed by atoms with Crippen LogP contribution in [0.3, 0.4) is 0 Å². The van der Waals surface area contributed by atoms with Crippen LogP contribution in [0.15, 0.2) is 48.7 Å². The van der Waals surface area contributed by atoms with Crippen molar-refractivity contribution in [3.63, 3.8) is 0 Å². The van der Waals surface area contributed by atoms with Crippen LogP contribution in [0.2, 0.25) is 0 Å². The normalized spacial score (nSPS) is 13.8. The Balaban J connectivity index is 2.31. The molecule has 1 aromatic carbocycles. The zero-order valence-corrected chi connectivity index (χ0v) is 11.6. The smallest absolute Gasteiger partial charge is 0.125 e. The first-order valence-corrected chi connectivity index (χ1v) is 6.78. The summed E-state index contributed by atoms with van der Waals surface area (Å²) in [7, 11) is 0. The minimum absolute atomic E-state index is 0.252. The predicted octanol–water partition coefficient (Wildman–Crippen LogP) is 2.26. The largest absolute Gasteiger partial charge is 0.493 e. The molecule has 0 spiro atoms. The second kappa shape index (κ2) is 7.03. The second-order valence-corrected chi connectivity index (χ2v) is 4.51. The lowest BCUT2D eigenvalue weighted by molar-refractivity contribution is 0.141. The molecule has 1 aromatic heterocycles. The number of aromatic nitrogens is 1. The minimum atomic E-state index is -0.738. The van der Waals surface area contributed by atoms with Gasteiger partial charge < -0.3 is 15.6 Å². The van der Waals surface area contributed by atoms with Gasteiger partial charge in [0.05, 0.1) is 12.7 Å². The van der Waals surface area contributed by atoms with Gasteiger partial charge in [-0.05, 0) is 25.1 Å². The van der Waals surface area contributed by atoms with Gasteiger partial charge in [-0.1, -0.05) is 24.3 Å². The van der Waals surface area contributed by atoms with Crippen LogP contribution in [0.4, 0.5) is 0 Å². The lowest BCUT2D eigenvalue weighted by Gasteiger charge is -2.23. The number of benzene rings is 1. The summed E-state index contributed by atoms with van der Waals surface area (Å²) in [5, 5.41) is 10.6. The van der Waals surface area contributed by atoms with E-state index < -0.39 is 6.10 Å². The number of hydrogen-bond donors (Lipinski definition) is 2. The zero-order chi connectivity index (χ0) is 14.4. The number of nitrogens with zero attached hydrogens (tertiary/aromatic N) is 1. The van der Waals surface area contributed by atoms with Crippen molar-refractivity contribution in [2.45, 2.75) is 18.9 Å². The van der Waals surface area contributed by atoms with Crippen LogP contribution in [0.1, 0.15) is 30.2 Å². The lowest BCUT2D eigenvalue weighted by Crippen LogP contribution is -2.21. The Labute approximate surface area is 119 Å². The molecule has 4 heteroatoms. The van der Waals surface area contributed by atoms with Crippen LogP contribution in [0.5, 0.6) is 5.75 Å². The molecular weight excluding hydrogens is 252 g/mol. The predicted molar refractivity (Wildman–Crippen MR) is 78.6 cm³/mol. The van der Waals surface area contributed by atoms with Crippen molar-refractivity contribution in [1.29, 1.82) is 0 Å². The van der Waals surface area contributed by atoms with E-state index in [9.17, 15) is 5.11 Å². The standard InChI is InChI=1S/C16H20N2O2/c1-2-20-15-9-4-3-7-12(15)16(19)13(11-17)14-8-5-6-10-18-14/h3-10,13,16,19H,2,11,17H2,1H3. The molecule has 0 bridgehead atoms. The van der Waals surface area contributed by atoms with E-state index in [0.717, 1.165) is 11.3 Å². The van der Waals surface area contributed by atoms with Crippen LogP contribution in [-0.2, 0) is 0 Å². The molecule has 2 aromatic rings. The highest BCUT2D eigenvalue weighted by Gasteiger charge is 2.25. The van der Waals surface area contributed by atoms with Crippen molar-refractivity contribution in [1.82, 2.24) is 4.98 Å². The van der Waals surface area contributed by atoms with Gasteiger partial charge in [0.1, 0.15) is 5.75 Å². The number of nitrogens with two attached hydrogens (primary N) is 1. The van der Waals surface area contributed by atoms with Gasteiger partial charge in [-0.3, -0.25) is 4.98 Å². The fraction of sp³-hybridized carbons (Fsp3) is 0.312. The van der Waals surface area contributed by atoms with Gasteiger partial charge in [0.15, 0.2) is 0 Å². The minimum Gasteiger partial charge on any atom is -0.493 e. The summed E-state index contributed by atoms with van der Waals surface area (Å²) in [6.45, 7) is 2.79. The summed E-state index contributed by atoms with van der Waals surface area (Å²) in [6, 6.07) is 13.1. The third-order valence-electron chi connectivity index (χ3n) is 3.24. The van der Waals surface area contributed by atoms with E-state index in [1.165, 1.54) is 0 Å². The zero-order valence-electron chi connectivity index (χ0n) is 11.6.